The van der Waals surface area contributed by atoms with Gasteiger partial charge in [0.15, 0.2) is 5.78 Å². The number of thiophene rings is 1. The lowest BCUT2D eigenvalue weighted by Crippen LogP contribution is -2.33. The number of ether oxygens (including phenoxy) is 1. The van der Waals surface area contributed by atoms with Crippen molar-refractivity contribution in [1.29, 1.82) is 0 Å². The number of rotatable bonds is 9. The molecule has 0 radical (unpaired) electrons. The Morgan fingerprint density at radius 3 is 2.49 bits per heavy atom. The van der Waals surface area contributed by atoms with E-state index in [1.807, 2.05) is 30.3 Å². The van der Waals surface area contributed by atoms with Crippen molar-refractivity contribution in [2.45, 2.75) is 6.54 Å². The molecule has 1 heterocycles. The van der Waals surface area contributed by atoms with Gasteiger partial charge < -0.3 is 10.5 Å². The topological polar surface area (TPSA) is 55.6 Å². The summed E-state index contributed by atoms with van der Waals surface area (Å²) in [5.41, 5.74) is 8.32. The predicted molar refractivity (Wildman–Crippen MR) is 149 cm³/mol. The van der Waals surface area contributed by atoms with Gasteiger partial charge in [-0.3, -0.25) is 9.69 Å². The third-order valence-corrected chi connectivity index (χ3v) is 7.82. The zero-order valence-electron chi connectivity index (χ0n) is 19.1. The molecule has 1 aromatic heterocycles. The van der Waals surface area contributed by atoms with Crippen LogP contribution in [0.2, 0.25) is 0 Å². The first-order valence-electron chi connectivity index (χ1n) is 11.5. The molecular formula is C29H25BrN2O2S. The zero-order valence-corrected chi connectivity index (χ0v) is 21.5. The molecule has 0 saturated heterocycles. The SMILES string of the molecule is Nc1cc(C(=O)CN(CCOc2ccc3c(c2)sc2ccccc23)Cc2ccccc2)ccc1Br. The fourth-order valence-corrected chi connectivity index (χ4v) is 5.54. The van der Waals surface area contributed by atoms with E-state index >= 15 is 0 Å². The molecule has 0 saturated carbocycles. The lowest BCUT2D eigenvalue weighted by atomic mass is 10.1. The number of nitrogen functional groups attached to an aromatic ring is 1. The summed E-state index contributed by atoms with van der Waals surface area (Å²) in [4.78, 5) is 15.1. The number of carbonyl (C=O) groups excluding carboxylic acids is 1. The highest BCUT2D eigenvalue weighted by atomic mass is 79.9. The number of fused-ring (bicyclic) bond motifs is 3. The van der Waals surface area contributed by atoms with Gasteiger partial charge in [0.2, 0.25) is 0 Å². The third-order valence-electron chi connectivity index (χ3n) is 5.96. The maximum absolute atomic E-state index is 13.0. The second kappa shape index (κ2) is 10.6. The molecule has 5 aromatic rings. The molecule has 0 spiro atoms. The third kappa shape index (κ3) is 5.56. The summed E-state index contributed by atoms with van der Waals surface area (Å²) in [6.45, 7) is 2.06. The summed E-state index contributed by atoms with van der Waals surface area (Å²) in [6.07, 6.45) is 0. The minimum atomic E-state index is 0.0341. The van der Waals surface area contributed by atoms with Gasteiger partial charge in [-0.2, -0.15) is 0 Å². The average Bonchev–Trinajstić information content (AvgIpc) is 3.24. The van der Waals surface area contributed by atoms with Gasteiger partial charge >= 0.3 is 0 Å². The van der Waals surface area contributed by atoms with Crippen molar-refractivity contribution in [3.63, 3.8) is 0 Å². The predicted octanol–water partition coefficient (Wildman–Crippen LogP) is 7.16. The summed E-state index contributed by atoms with van der Waals surface area (Å²) in [7, 11) is 0. The highest BCUT2D eigenvalue weighted by Gasteiger charge is 2.15. The molecule has 35 heavy (non-hydrogen) atoms. The van der Waals surface area contributed by atoms with Gasteiger partial charge in [-0.1, -0.05) is 54.6 Å². The zero-order chi connectivity index (χ0) is 24.2. The van der Waals surface area contributed by atoms with E-state index in [-0.39, 0.29) is 12.3 Å². The van der Waals surface area contributed by atoms with Crippen LogP contribution in [-0.2, 0) is 6.54 Å². The molecule has 4 nitrogen and oxygen atoms in total. The molecule has 176 valence electrons. The number of hydrogen-bond donors (Lipinski definition) is 1. The fraction of sp³-hybridized carbons (Fsp3) is 0.138. The largest absolute Gasteiger partial charge is 0.492 e. The monoisotopic (exact) mass is 544 g/mol. The number of halogens is 1. The Labute approximate surface area is 217 Å². The van der Waals surface area contributed by atoms with Crippen LogP contribution in [0, 0.1) is 0 Å². The van der Waals surface area contributed by atoms with Crippen LogP contribution in [0.25, 0.3) is 20.2 Å². The van der Waals surface area contributed by atoms with Crippen LogP contribution >= 0.6 is 27.3 Å². The Hall–Kier alpha value is -3.19. The van der Waals surface area contributed by atoms with E-state index in [2.05, 4.69) is 69.4 Å². The first kappa shape index (κ1) is 23.5. The van der Waals surface area contributed by atoms with Crippen LogP contribution in [0.5, 0.6) is 5.75 Å². The van der Waals surface area contributed by atoms with Crippen LogP contribution in [0.4, 0.5) is 5.69 Å². The normalized spacial score (nSPS) is 11.4. The number of hydrogen-bond acceptors (Lipinski definition) is 5. The smallest absolute Gasteiger partial charge is 0.176 e. The number of ketones is 1. The molecule has 0 bridgehead atoms. The van der Waals surface area contributed by atoms with Gasteiger partial charge in [-0.25, -0.2) is 0 Å². The second-order valence-corrected chi connectivity index (χ2v) is 10.4. The molecule has 6 heteroatoms. The molecule has 5 rings (SSSR count). The summed E-state index contributed by atoms with van der Waals surface area (Å²) in [5.74, 6) is 0.877. The molecule has 0 atom stereocenters. The quantitative estimate of drug-likeness (QED) is 0.158. The van der Waals surface area contributed by atoms with Crippen molar-refractivity contribution in [3.8, 4) is 5.75 Å². The Kier molecular flexibility index (Phi) is 7.13. The lowest BCUT2D eigenvalue weighted by molar-refractivity contribution is 0.0912. The van der Waals surface area contributed by atoms with Crippen LogP contribution in [0.1, 0.15) is 15.9 Å². The molecule has 2 N–H and O–H groups in total. The molecule has 0 fully saturated rings. The number of carbonyl (C=O) groups is 1. The fourth-order valence-electron chi connectivity index (χ4n) is 4.16. The Bertz CT molecular complexity index is 1480. The summed E-state index contributed by atoms with van der Waals surface area (Å²) in [6, 6.07) is 30.2. The second-order valence-electron chi connectivity index (χ2n) is 8.46. The van der Waals surface area contributed by atoms with Gasteiger partial charge in [0.1, 0.15) is 12.4 Å². The summed E-state index contributed by atoms with van der Waals surface area (Å²) in [5, 5.41) is 2.53. The van der Waals surface area contributed by atoms with Crippen molar-refractivity contribution in [3.05, 3.63) is 107 Å². The Morgan fingerprint density at radius 1 is 0.886 bits per heavy atom. The van der Waals surface area contributed by atoms with Crippen molar-refractivity contribution in [1.82, 2.24) is 4.90 Å². The van der Waals surface area contributed by atoms with Crippen molar-refractivity contribution in [2.75, 3.05) is 25.4 Å². The van der Waals surface area contributed by atoms with Crippen molar-refractivity contribution < 1.29 is 9.53 Å². The van der Waals surface area contributed by atoms with Crippen molar-refractivity contribution >= 4 is 58.9 Å². The number of benzene rings is 4. The van der Waals surface area contributed by atoms with Gasteiger partial charge in [0.05, 0.1) is 6.54 Å². The summed E-state index contributed by atoms with van der Waals surface area (Å²) >= 11 is 5.17. The highest BCUT2D eigenvalue weighted by Crippen LogP contribution is 2.35. The molecule has 0 unspecified atom stereocenters. The van der Waals surface area contributed by atoms with Gasteiger partial charge in [-0.05, 0) is 57.9 Å². The van der Waals surface area contributed by atoms with Crippen LogP contribution in [-0.4, -0.2) is 30.4 Å². The van der Waals surface area contributed by atoms with Crippen LogP contribution in [0.15, 0.2) is 95.5 Å². The maximum atomic E-state index is 13.0. The van der Waals surface area contributed by atoms with E-state index in [4.69, 9.17) is 10.5 Å². The van der Waals surface area contributed by atoms with Gasteiger partial charge in [0.25, 0.3) is 0 Å². The molecule has 0 aliphatic carbocycles. The number of nitrogens with two attached hydrogens (primary N) is 1. The average molecular weight is 546 g/mol. The minimum Gasteiger partial charge on any atom is -0.492 e. The number of Topliss-reactive ketones (excluding diaryl/α,β-unsaturated/α-hetero) is 1. The standard InChI is InChI=1S/C29H25BrN2O2S/c30-25-13-10-21(16-26(25)31)27(33)19-32(18-20-6-2-1-3-7-20)14-15-34-22-11-12-24-23-8-4-5-9-28(23)35-29(24)17-22/h1-13,16-17H,14-15,18-19,31H2. The van der Waals surface area contributed by atoms with E-state index in [0.717, 1.165) is 15.8 Å². The van der Waals surface area contributed by atoms with Crippen LogP contribution < -0.4 is 10.5 Å². The molecule has 0 amide bonds. The molecular weight excluding hydrogens is 520 g/mol. The van der Waals surface area contributed by atoms with Crippen molar-refractivity contribution in [2.24, 2.45) is 0 Å². The first-order chi connectivity index (χ1) is 17.1. The van der Waals surface area contributed by atoms with E-state index in [0.29, 0.717) is 30.9 Å². The lowest BCUT2D eigenvalue weighted by Gasteiger charge is -2.22. The number of nitrogens with zero attached hydrogens (tertiary/aromatic N) is 1. The molecule has 4 aromatic carbocycles. The van der Waals surface area contributed by atoms with Crippen LogP contribution in [0.3, 0.4) is 0 Å². The highest BCUT2D eigenvalue weighted by molar-refractivity contribution is 9.10. The number of anilines is 1. The van der Waals surface area contributed by atoms with E-state index in [9.17, 15) is 4.79 Å². The minimum absolute atomic E-state index is 0.0341. The van der Waals surface area contributed by atoms with E-state index < -0.39 is 0 Å². The maximum Gasteiger partial charge on any atom is 0.176 e. The Balaban J connectivity index is 1.28. The van der Waals surface area contributed by atoms with E-state index in [1.54, 1.807) is 23.5 Å². The van der Waals surface area contributed by atoms with Gasteiger partial charge in [-0.15, -0.1) is 11.3 Å². The van der Waals surface area contributed by atoms with E-state index in [1.165, 1.54) is 20.2 Å². The van der Waals surface area contributed by atoms with Gasteiger partial charge in [0, 0.05) is 49.0 Å². The Morgan fingerprint density at radius 2 is 1.66 bits per heavy atom. The summed E-state index contributed by atoms with van der Waals surface area (Å²) < 4.78 is 9.41. The first-order valence-corrected chi connectivity index (χ1v) is 13.1. The molecule has 0 aliphatic rings. The molecule has 0 aliphatic heterocycles.